The summed E-state index contributed by atoms with van der Waals surface area (Å²) in [6.45, 7) is 3.20. The summed E-state index contributed by atoms with van der Waals surface area (Å²) >= 11 is 5.92. The van der Waals surface area contributed by atoms with Crippen LogP contribution in [0.15, 0.2) is 53.4 Å². The molecule has 1 aliphatic heterocycles. The molecule has 0 saturated carbocycles. The third-order valence-corrected chi connectivity index (χ3v) is 6.64. The highest BCUT2D eigenvalue weighted by molar-refractivity contribution is 7.89. The van der Waals surface area contributed by atoms with E-state index in [0.29, 0.717) is 32.8 Å². The summed E-state index contributed by atoms with van der Waals surface area (Å²) in [7, 11) is -3.72. The monoisotopic (exact) mass is 398 g/mol. The SMILES string of the molecule is O=S(=O)(c1ccc(F)cc1Cl)N1CCN(CCOc2ccccc2)CC1. The lowest BCUT2D eigenvalue weighted by atomic mass is 10.3. The number of hydrogen-bond donors (Lipinski definition) is 0. The topological polar surface area (TPSA) is 49.9 Å². The molecule has 0 bridgehead atoms. The van der Waals surface area contributed by atoms with E-state index in [0.717, 1.165) is 24.4 Å². The van der Waals surface area contributed by atoms with Crippen LogP contribution in [-0.2, 0) is 10.0 Å². The Hall–Kier alpha value is -1.67. The zero-order valence-corrected chi connectivity index (χ0v) is 15.7. The van der Waals surface area contributed by atoms with Gasteiger partial charge >= 0.3 is 0 Å². The smallest absolute Gasteiger partial charge is 0.244 e. The molecule has 0 unspecified atom stereocenters. The molecule has 1 heterocycles. The van der Waals surface area contributed by atoms with Gasteiger partial charge in [0.25, 0.3) is 0 Å². The maximum atomic E-state index is 13.2. The van der Waals surface area contributed by atoms with E-state index in [1.807, 2.05) is 30.3 Å². The Morgan fingerprint density at radius 2 is 1.73 bits per heavy atom. The first-order valence-electron chi connectivity index (χ1n) is 8.32. The largest absolute Gasteiger partial charge is 0.492 e. The average Bonchev–Trinajstić information content (AvgIpc) is 2.63. The number of rotatable bonds is 6. The second-order valence-corrected chi connectivity index (χ2v) is 8.30. The first-order valence-corrected chi connectivity index (χ1v) is 10.1. The van der Waals surface area contributed by atoms with E-state index in [2.05, 4.69) is 4.90 Å². The van der Waals surface area contributed by atoms with Crippen molar-refractivity contribution in [3.63, 3.8) is 0 Å². The number of halogens is 2. The van der Waals surface area contributed by atoms with E-state index in [9.17, 15) is 12.8 Å². The minimum absolute atomic E-state index is 0.0542. The lowest BCUT2D eigenvalue weighted by molar-refractivity contribution is 0.159. The Bertz CT molecular complexity index is 841. The number of ether oxygens (including phenoxy) is 1. The standard InChI is InChI=1S/C18H20ClFN2O3S/c19-17-14-15(20)6-7-18(17)26(23,24)22-10-8-21(9-11-22)12-13-25-16-4-2-1-3-5-16/h1-7,14H,8-13H2. The van der Waals surface area contributed by atoms with Crippen molar-refractivity contribution >= 4 is 21.6 Å². The molecule has 8 heteroatoms. The van der Waals surface area contributed by atoms with Gasteiger partial charge in [0.05, 0.1) is 5.02 Å². The molecule has 2 aromatic rings. The lowest BCUT2D eigenvalue weighted by Gasteiger charge is -2.34. The first-order chi connectivity index (χ1) is 12.5. The van der Waals surface area contributed by atoms with Gasteiger partial charge in [0, 0.05) is 32.7 Å². The molecule has 26 heavy (non-hydrogen) atoms. The van der Waals surface area contributed by atoms with Crippen molar-refractivity contribution in [2.45, 2.75) is 4.90 Å². The zero-order valence-electron chi connectivity index (χ0n) is 14.1. The fourth-order valence-corrected chi connectivity index (χ4v) is 4.75. The van der Waals surface area contributed by atoms with Gasteiger partial charge in [-0.3, -0.25) is 4.90 Å². The summed E-state index contributed by atoms with van der Waals surface area (Å²) < 4.78 is 45.6. The van der Waals surface area contributed by atoms with Gasteiger partial charge in [0.2, 0.25) is 10.0 Å². The highest BCUT2D eigenvalue weighted by Crippen LogP contribution is 2.26. The first kappa shape index (κ1) is 19.1. The number of piperazine rings is 1. The molecule has 0 radical (unpaired) electrons. The summed E-state index contributed by atoms with van der Waals surface area (Å²) in [4.78, 5) is 2.10. The van der Waals surface area contributed by atoms with Crippen molar-refractivity contribution in [2.75, 3.05) is 39.3 Å². The van der Waals surface area contributed by atoms with E-state index < -0.39 is 15.8 Å². The van der Waals surface area contributed by atoms with Gasteiger partial charge in [-0.2, -0.15) is 4.31 Å². The molecule has 5 nitrogen and oxygen atoms in total. The van der Waals surface area contributed by atoms with Gasteiger partial charge in [0.1, 0.15) is 23.1 Å². The second-order valence-electron chi connectivity index (χ2n) is 5.98. The molecule has 2 aromatic carbocycles. The number of nitrogens with zero attached hydrogens (tertiary/aromatic N) is 2. The lowest BCUT2D eigenvalue weighted by Crippen LogP contribution is -2.49. The zero-order chi connectivity index (χ0) is 18.6. The maximum Gasteiger partial charge on any atom is 0.244 e. The Labute approximate surface area is 158 Å². The van der Waals surface area contributed by atoms with E-state index in [4.69, 9.17) is 16.3 Å². The van der Waals surface area contributed by atoms with Crippen LogP contribution in [0.3, 0.4) is 0 Å². The highest BCUT2D eigenvalue weighted by Gasteiger charge is 2.30. The van der Waals surface area contributed by atoms with Crippen LogP contribution in [0.1, 0.15) is 0 Å². The van der Waals surface area contributed by atoms with Crippen LogP contribution in [0, 0.1) is 5.82 Å². The van der Waals surface area contributed by atoms with Crippen LogP contribution < -0.4 is 4.74 Å². The predicted molar refractivity (Wildman–Crippen MR) is 98.5 cm³/mol. The summed E-state index contributed by atoms with van der Waals surface area (Å²) in [6.07, 6.45) is 0. The maximum absolute atomic E-state index is 13.2. The van der Waals surface area contributed by atoms with E-state index in [1.165, 1.54) is 10.4 Å². The summed E-state index contributed by atoms with van der Waals surface area (Å²) in [6, 6.07) is 12.9. The van der Waals surface area contributed by atoms with Crippen LogP contribution in [0.25, 0.3) is 0 Å². The van der Waals surface area contributed by atoms with Crippen molar-refractivity contribution in [2.24, 2.45) is 0 Å². The molecule has 0 aliphatic carbocycles. The van der Waals surface area contributed by atoms with Gasteiger partial charge in [-0.25, -0.2) is 12.8 Å². The molecule has 1 aliphatic rings. The number of para-hydroxylation sites is 1. The molecule has 0 atom stereocenters. The molecule has 0 N–H and O–H groups in total. The quantitative estimate of drug-likeness (QED) is 0.750. The normalized spacial score (nSPS) is 16.5. The fourth-order valence-electron chi connectivity index (χ4n) is 2.83. The Morgan fingerprint density at radius 3 is 2.38 bits per heavy atom. The van der Waals surface area contributed by atoms with Crippen molar-refractivity contribution in [1.29, 1.82) is 0 Å². The molecule has 1 fully saturated rings. The minimum Gasteiger partial charge on any atom is -0.492 e. The minimum atomic E-state index is -3.72. The van der Waals surface area contributed by atoms with Crippen molar-refractivity contribution in [3.05, 3.63) is 59.4 Å². The van der Waals surface area contributed by atoms with Crippen LogP contribution in [0.4, 0.5) is 4.39 Å². The molecular formula is C18H20ClFN2O3S. The van der Waals surface area contributed by atoms with Crippen molar-refractivity contribution < 1.29 is 17.5 Å². The van der Waals surface area contributed by atoms with Crippen LogP contribution in [0.2, 0.25) is 5.02 Å². The molecule has 0 amide bonds. The van der Waals surface area contributed by atoms with E-state index >= 15 is 0 Å². The van der Waals surface area contributed by atoms with Crippen LogP contribution >= 0.6 is 11.6 Å². The second kappa shape index (κ2) is 8.35. The van der Waals surface area contributed by atoms with E-state index in [-0.39, 0.29) is 9.92 Å². The average molecular weight is 399 g/mol. The summed E-state index contributed by atoms with van der Waals surface area (Å²) in [5.74, 6) is 0.261. The van der Waals surface area contributed by atoms with Gasteiger partial charge in [0.15, 0.2) is 0 Å². The van der Waals surface area contributed by atoms with Gasteiger partial charge in [-0.15, -0.1) is 0 Å². The molecule has 1 saturated heterocycles. The Kier molecular flexibility index (Phi) is 6.13. The van der Waals surface area contributed by atoms with Gasteiger partial charge in [-0.05, 0) is 30.3 Å². The molecule has 3 rings (SSSR count). The summed E-state index contributed by atoms with van der Waals surface area (Å²) in [5.41, 5.74) is 0. The summed E-state index contributed by atoms with van der Waals surface area (Å²) in [5, 5.41) is -0.0938. The highest BCUT2D eigenvalue weighted by atomic mass is 35.5. The van der Waals surface area contributed by atoms with Crippen LogP contribution in [0.5, 0.6) is 5.75 Å². The molecule has 0 spiro atoms. The number of hydrogen-bond acceptors (Lipinski definition) is 4. The fraction of sp³-hybridized carbons (Fsp3) is 0.333. The van der Waals surface area contributed by atoms with Gasteiger partial charge < -0.3 is 4.74 Å². The predicted octanol–water partition coefficient (Wildman–Crippen LogP) is 2.86. The molecular weight excluding hydrogens is 379 g/mol. The number of benzene rings is 2. The third-order valence-electron chi connectivity index (χ3n) is 4.26. The van der Waals surface area contributed by atoms with Gasteiger partial charge in [-0.1, -0.05) is 29.8 Å². The number of sulfonamides is 1. The van der Waals surface area contributed by atoms with Crippen molar-refractivity contribution in [3.8, 4) is 5.75 Å². The Morgan fingerprint density at radius 1 is 1.04 bits per heavy atom. The van der Waals surface area contributed by atoms with Crippen molar-refractivity contribution in [1.82, 2.24) is 9.21 Å². The third kappa shape index (κ3) is 4.54. The molecule has 0 aromatic heterocycles. The van der Waals surface area contributed by atoms with Crippen LogP contribution in [-0.4, -0.2) is 57.0 Å². The molecule has 140 valence electrons. The van der Waals surface area contributed by atoms with E-state index in [1.54, 1.807) is 0 Å². The Balaban J connectivity index is 1.53.